The number of hydrogen-bond acceptors (Lipinski definition) is 3. The van der Waals surface area contributed by atoms with Crippen molar-refractivity contribution in [1.29, 1.82) is 0 Å². The van der Waals surface area contributed by atoms with Crippen LogP contribution in [-0.2, 0) is 6.42 Å². The number of guanidine groups is 1. The number of halogens is 1. The van der Waals surface area contributed by atoms with E-state index in [1.165, 1.54) is 23.5 Å². The molecule has 0 aliphatic carbocycles. The van der Waals surface area contributed by atoms with Gasteiger partial charge >= 0.3 is 0 Å². The molecule has 0 aromatic carbocycles. The predicted octanol–water partition coefficient (Wildman–Crippen LogP) is 4.24. The number of thioether (sulfide) groups is 1. The highest BCUT2D eigenvalue weighted by atomic mass is 127. The summed E-state index contributed by atoms with van der Waals surface area (Å²) in [6, 6.07) is 4.33. The normalized spacial score (nSPS) is 12.6. The van der Waals surface area contributed by atoms with Gasteiger partial charge in [-0.1, -0.05) is 13.0 Å². The summed E-state index contributed by atoms with van der Waals surface area (Å²) in [7, 11) is 0. The Bertz CT molecular complexity index is 383. The molecule has 0 bridgehead atoms. The summed E-state index contributed by atoms with van der Waals surface area (Å²) >= 11 is 3.75. The van der Waals surface area contributed by atoms with Crippen molar-refractivity contribution in [2.24, 2.45) is 10.9 Å². The van der Waals surface area contributed by atoms with Gasteiger partial charge < -0.3 is 10.6 Å². The molecule has 1 unspecified atom stereocenters. The molecule has 1 aromatic heterocycles. The zero-order chi connectivity index (χ0) is 15.3. The molecule has 1 aromatic rings. The van der Waals surface area contributed by atoms with Crippen LogP contribution in [-0.4, -0.2) is 37.6 Å². The Morgan fingerprint density at radius 1 is 1.36 bits per heavy atom. The van der Waals surface area contributed by atoms with Gasteiger partial charge in [0.25, 0.3) is 0 Å². The van der Waals surface area contributed by atoms with Gasteiger partial charge in [-0.2, -0.15) is 11.8 Å². The van der Waals surface area contributed by atoms with Crippen LogP contribution < -0.4 is 10.6 Å². The third-order valence-corrected chi connectivity index (χ3v) is 4.70. The highest BCUT2D eigenvalue weighted by molar-refractivity contribution is 14.0. The lowest BCUT2D eigenvalue weighted by Gasteiger charge is -2.13. The molecule has 3 nitrogen and oxygen atoms in total. The number of nitrogens with one attached hydrogen (secondary N) is 2. The van der Waals surface area contributed by atoms with Crippen molar-refractivity contribution in [2.45, 2.75) is 33.1 Å². The van der Waals surface area contributed by atoms with Gasteiger partial charge in [-0.15, -0.1) is 35.3 Å². The van der Waals surface area contributed by atoms with Gasteiger partial charge in [0.05, 0.1) is 0 Å². The van der Waals surface area contributed by atoms with Gasteiger partial charge in [0.2, 0.25) is 0 Å². The molecule has 128 valence electrons. The molecular weight excluding hydrogens is 425 g/mol. The van der Waals surface area contributed by atoms with Gasteiger partial charge in [-0.3, -0.25) is 4.99 Å². The molecule has 1 atom stereocenters. The Hall–Kier alpha value is 0.0500. The van der Waals surface area contributed by atoms with Crippen LogP contribution in [0.1, 0.15) is 31.6 Å². The Balaban J connectivity index is 0.00000441. The number of unbranched alkanes of at least 4 members (excludes halogenated alkanes) is 1. The van der Waals surface area contributed by atoms with Crippen molar-refractivity contribution in [3.63, 3.8) is 0 Å². The largest absolute Gasteiger partial charge is 0.357 e. The van der Waals surface area contributed by atoms with E-state index in [0.717, 1.165) is 32.0 Å². The lowest BCUT2D eigenvalue weighted by molar-refractivity contribution is 0.594. The van der Waals surface area contributed by atoms with Crippen LogP contribution in [0.4, 0.5) is 0 Å². The van der Waals surface area contributed by atoms with Crippen LogP contribution in [0, 0.1) is 5.92 Å². The number of rotatable bonds is 10. The van der Waals surface area contributed by atoms with E-state index in [4.69, 9.17) is 4.99 Å². The maximum absolute atomic E-state index is 4.71. The molecular formula is C16H30IN3S2. The summed E-state index contributed by atoms with van der Waals surface area (Å²) < 4.78 is 0. The van der Waals surface area contributed by atoms with E-state index in [0.29, 0.717) is 5.92 Å². The molecule has 2 N–H and O–H groups in total. The lowest BCUT2D eigenvalue weighted by Crippen LogP contribution is -2.38. The van der Waals surface area contributed by atoms with Crippen LogP contribution in [0.3, 0.4) is 0 Å². The minimum absolute atomic E-state index is 0. The summed E-state index contributed by atoms with van der Waals surface area (Å²) in [6.07, 6.45) is 5.75. The zero-order valence-electron chi connectivity index (χ0n) is 13.9. The van der Waals surface area contributed by atoms with Crippen LogP contribution in [0.25, 0.3) is 0 Å². The molecule has 0 aliphatic heterocycles. The number of hydrogen-bond donors (Lipinski definition) is 2. The number of nitrogens with zero attached hydrogens (tertiary/aromatic N) is 1. The molecule has 0 spiro atoms. The summed E-state index contributed by atoms with van der Waals surface area (Å²) in [5.74, 6) is 2.78. The average molecular weight is 455 g/mol. The summed E-state index contributed by atoms with van der Waals surface area (Å²) in [4.78, 5) is 6.16. The van der Waals surface area contributed by atoms with Crippen molar-refractivity contribution >= 4 is 53.0 Å². The molecule has 0 fully saturated rings. The maximum Gasteiger partial charge on any atom is 0.191 e. The smallest absolute Gasteiger partial charge is 0.191 e. The highest BCUT2D eigenvalue weighted by Crippen LogP contribution is 2.14. The Morgan fingerprint density at radius 3 is 2.82 bits per heavy atom. The highest BCUT2D eigenvalue weighted by Gasteiger charge is 2.05. The molecule has 6 heteroatoms. The van der Waals surface area contributed by atoms with E-state index in [2.05, 4.69) is 48.2 Å². The second-order valence-electron chi connectivity index (χ2n) is 5.23. The van der Waals surface area contributed by atoms with Gasteiger partial charge in [-0.25, -0.2) is 0 Å². The van der Waals surface area contributed by atoms with Crippen molar-refractivity contribution < 1.29 is 0 Å². The van der Waals surface area contributed by atoms with Crippen molar-refractivity contribution in [1.82, 2.24) is 10.6 Å². The van der Waals surface area contributed by atoms with Gasteiger partial charge in [0.15, 0.2) is 5.96 Å². The zero-order valence-corrected chi connectivity index (χ0v) is 17.9. The molecule has 0 radical (unpaired) electrons. The summed E-state index contributed by atoms with van der Waals surface area (Å²) in [5, 5.41) is 8.89. The third kappa shape index (κ3) is 10.7. The fourth-order valence-electron chi connectivity index (χ4n) is 2.00. The predicted molar refractivity (Wildman–Crippen MR) is 114 cm³/mol. The Kier molecular flexibility index (Phi) is 14.7. The molecule has 1 heterocycles. The minimum Gasteiger partial charge on any atom is -0.357 e. The monoisotopic (exact) mass is 455 g/mol. The SMILES string of the molecule is CCNC(=NCC(C)Cc1cccs1)NCCCCSC.I. The minimum atomic E-state index is 0. The van der Waals surface area contributed by atoms with E-state index in [1.54, 1.807) is 0 Å². The Labute approximate surface area is 161 Å². The first kappa shape index (κ1) is 22.1. The fraction of sp³-hybridized carbons (Fsp3) is 0.688. The van der Waals surface area contributed by atoms with Gasteiger partial charge in [0.1, 0.15) is 0 Å². The van der Waals surface area contributed by atoms with Crippen molar-refractivity contribution in [2.75, 3.05) is 31.6 Å². The van der Waals surface area contributed by atoms with E-state index in [9.17, 15) is 0 Å². The van der Waals surface area contributed by atoms with Gasteiger partial charge in [-0.05, 0) is 55.6 Å². The molecule has 0 saturated heterocycles. The first-order valence-corrected chi connectivity index (χ1v) is 10.1. The first-order chi connectivity index (χ1) is 10.3. The molecule has 1 rings (SSSR count). The molecule has 0 aliphatic rings. The van der Waals surface area contributed by atoms with Crippen LogP contribution in [0.2, 0.25) is 0 Å². The Morgan fingerprint density at radius 2 is 2.18 bits per heavy atom. The van der Waals surface area contributed by atoms with E-state index >= 15 is 0 Å². The molecule has 0 amide bonds. The van der Waals surface area contributed by atoms with E-state index in [-0.39, 0.29) is 24.0 Å². The summed E-state index contributed by atoms with van der Waals surface area (Å²) in [5.41, 5.74) is 0. The molecule has 0 saturated carbocycles. The lowest BCUT2D eigenvalue weighted by atomic mass is 10.1. The van der Waals surface area contributed by atoms with E-state index < -0.39 is 0 Å². The first-order valence-electron chi connectivity index (χ1n) is 7.79. The van der Waals surface area contributed by atoms with E-state index in [1.807, 2.05) is 23.1 Å². The number of aliphatic imine (C=N–C) groups is 1. The summed E-state index contributed by atoms with van der Waals surface area (Å²) in [6.45, 7) is 7.17. The van der Waals surface area contributed by atoms with Crippen LogP contribution in [0.15, 0.2) is 22.5 Å². The number of thiophene rings is 1. The quantitative estimate of drug-likeness (QED) is 0.240. The topological polar surface area (TPSA) is 36.4 Å². The standard InChI is InChI=1S/C16H29N3S2.HI/c1-4-17-16(18-9-5-6-10-20-3)19-13-14(2)12-15-8-7-11-21-15;/h7-8,11,14H,4-6,9-10,12-13H2,1-3H3,(H2,17,18,19);1H. The fourth-order valence-corrected chi connectivity index (χ4v) is 3.37. The second-order valence-corrected chi connectivity index (χ2v) is 7.25. The van der Waals surface area contributed by atoms with Crippen LogP contribution >= 0.6 is 47.1 Å². The second kappa shape index (κ2) is 14.6. The molecule has 22 heavy (non-hydrogen) atoms. The maximum atomic E-state index is 4.71. The van der Waals surface area contributed by atoms with Crippen LogP contribution in [0.5, 0.6) is 0 Å². The van der Waals surface area contributed by atoms with Crippen molar-refractivity contribution in [3.8, 4) is 0 Å². The van der Waals surface area contributed by atoms with Gasteiger partial charge in [0, 0.05) is 24.5 Å². The van der Waals surface area contributed by atoms with Crippen molar-refractivity contribution in [3.05, 3.63) is 22.4 Å². The third-order valence-electron chi connectivity index (χ3n) is 3.10. The average Bonchev–Trinajstić information content (AvgIpc) is 2.97.